The van der Waals surface area contributed by atoms with E-state index in [0.29, 0.717) is 0 Å². The van der Waals surface area contributed by atoms with Crippen LogP contribution in [-0.4, -0.2) is 16.2 Å². The molecule has 1 aliphatic heterocycles. The van der Waals surface area contributed by atoms with Crippen molar-refractivity contribution in [2.24, 2.45) is 4.99 Å². The Kier molecular flexibility index (Phi) is 2.43. The minimum Gasteiger partial charge on any atom is -0.361 e. The van der Waals surface area contributed by atoms with Crippen molar-refractivity contribution in [3.05, 3.63) is 72.0 Å². The molecule has 0 aliphatic carbocycles. The van der Waals surface area contributed by atoms with Crippen molar-refractivity contribution in [1.82, 2.24) is 9.97 Å². The summed E-state index contributed by atoms with van der Waals surface area (Å²) < 4.78 is 0. The molecule has 0 amide bonds. The van der Waals surface area contributed by atoms with Gasteiger partial charge in [-0.3, -0.25) is 9.98 Å². The molecule has 0 saturated heterocycles. The van der Waals surface area contributed by atoms with Gasteiger partial charge in [0, 0.05) is 29.9 Å². The quantitative estimate of drug-likeness (QED) is 0.832. The third-order valence-corrected chi connectivity index (χ3v) is 2.60. The largest absolute Gasteiger partial charge is 0.361 e. The molecule has 2 aromatic rings. The van der Waals surface area contributed by atoms with Gasteiger partial charge in [0.25, 0.3) is 0 Å². The monoisotopic (exact) mass is 221 g/mol. The van der Waals surface area contributed by atoms with Crippen LogP contribution >= 0.6 is 0 Å². The summed E-state index contributed by atoms with van der Waals surface area (Å²) >= 11 is 0. The summed E-state index contributed by atoms with van der Waals surface area (Å²) in [5.74, 6) is 0. The topological polar surface area (TPSA) is 41.0 Å². The molecule has 0 aromatic carbocycles. The fraction of sp³-hybridized carbons (Fsp3) is 0. The first-order chi connectivity index (χ1) is 8.45. The Balaban J connectivity index is 2.20. The highest BCUT2D eigenvalue weighted by molar-refractivity contribution is 5.87. The van der Waals surface area contributed by atoms with E-state index in [1.165, 1.54) is 0 Å². The first-order valence-electron chi connectivity index (χ1n) is 5.45. The van der Waals surface area contributed by atoms with Crippen molar-refractivity contribution < 1.29 is 0 Å². The molecule has 1 aliphatic rings. The van der Waals surface area contributed by atoms with E-state index in [1.54, 1.807) is 12.4 Å². The lowest BCUT2D eigenvalue weighted by atomic mass is 10.1. The third kappa shape index (κ3) is 1.83. The van der Waals surface area contributed by atoms with Crippen LogP contribution in [0.2, 0.25) is 0 Å². The minimum absolute atomic E-state index is 0.925. The predicted molar refractivity (Wildman–Crippen MR) is 68.7 cm³/mol. The number of pyridine rings is 1. The zero-order valence-electron chi connectivity index (χ0n) is 9.17. The maximum Gasteiger partial charge on any atom is 0.0745 e. The lowest BCUT2D eigenvalue weighted by Crippen LogP contribution is -1.94. The summed E-state index contributed by atoms with van der Waals surface area (Å²) in [7, 11) is 0. The van der Waals surface area contributed by atoms with E-state index in [0.717, 1.165) is 22.7 Å². The minimum atomic E-state index is 0.925. The summed E-state index contributed by atoms with van der Waals surface area (Å²) in [6.07, 6.45) is 9.41. The van der Waals surface area contributed by atoms with Crippen LogP contribution in [0.1, 0.15) is 11.4 Å². The van der Waals surface area contributed by atoms with Crippen LogP contribution in [0.25, 0.3) is 5.57 Å². The van der Waals surface area contributed by atoms with E-state index in [-0.39, 0.29) is 0 Å². The fourth-order valence-corrected chi connectivity index (χ4v) is 1.85. The number of aromatic amines is 1. The van der Waals surface area contributed by atoms with Gasteiger partial charge in [-0.15, -0.1) is 0 Å². The molecule has 0 bridgehead atoms. The number of hydrogen-bond acceptors (Lipinski definition) is 2. The number of hydrogen-bond donors (Lipinski definition) is 1. The summed E-state index contributed by atoms with van der Waals surface area (Å²) in [5.41, 5.74) is 3.92. The van der Waals surface area contributed by atoms with Crippen LogP contribution in [0.5, 0.6) is 0 Å². The molecule has 3 nitrogen and oxygen atoms in total. The molecular formula is C14H11N3. The average molecular weight is 221 g/mol. The molecule has 0 spiro atoms. The van der Waals surface area contributed by atoms with Gasteiger partial charge in [-0.1, -0.05) is 6.07 Å². The lowest BCUT2D eigenvalue weighted by molar-refractivity contribution is 1.23. The van der Waals surface area contributed by atoms with Gasteiger partial charge in [0.1, 0.15) is 0 Å². The number of aliphatic imine (C=N–C) groups is 1. The van der Waals surface area contributed by atoms with E-state index in [4.69, 9.17) is 0 Å². The van der Waals surface area contributed by atoms with E-state index in [9.17, 15) is 0 Å². The number of nitrogens with one attached hydrogen (secondary N) is 1. The lowest BCUT2D eigenvalue weighted by Gasteiger charge is -2.06. The van der Waals surface area contributed by atoms with Crippen molar-refractivity contribution in [1.29, 1.82) is 0 Å². The van der Waals surface area contributed by atoms with E-state index in [1.807, 2.05) is 48.7 Å². The van der Waals surface area contributed by atoms with Crippen molar-refractivity contribution in [2.45, 2.75) is 0 Å². The van der Waals surface area contributed by atoms with Crippen LogP contribution in [0.4, 0.5) is 0 Å². The zero-order valence-corrected chi connectivity index (χ0v) is 9.17. The molecule has 1 N–H and O–H groups in total. The standard InChI is InChI=1S/C14H11N3/c1-2-8-15-11(5-1)14(12-6-3-9-16-12)13-7-4-10-17-13/h1-10,16H. The van der Waals surface area contributed by atoms with Crippen molar-refractivity contribution in [3.63, 3.8) is 0 Å². The molecule has 17 heavy (non-hydrogen) atoms. The average Bonchev–Trinajstić information content (AvgIpc) is 3.04. The maximum absolute atomic E-state index is 4.39. The van der Waals surface area contributed by atoms with Crippen molar-refractivity contribution in [2.75, 3.05) is 0 Å². The van der Waals surface area contributed by atoms with Gasteiger partial charge in [0.15, 0.2) is 0 Å². The highest BCUT2D eigenvalue weighted by Crippen LogP contribution is 2.26. The van der Waals surface area contributed by atoms with Crippen LogP contribution < -0.4 is 0 Å². The van der Waals surface area contributed by atoms with Gasteiger partial charge in [-0.05, 0) is 36.4 Å². The molecule has 0 fully saturated rings. The highest BCUT2D eigenvalue weighted by atomic mass is 14.8. The van der Waals surface area contributed by atoms with Crippen molar-refractivity contribution in [3.8, 4) is 0 Å². The summed E-state index contributed by atoms with van der Waals surface area (Å²) in [6, 6.07) is 9.88. The molecule has 3 heterocycles. The van der Waals surface area contributed by atoms with E-state index < -0.39 is 0 Å². The molecule has 0 atom stereocenters. The van der Waals surface area contributed by atoms with E-state index in [2.05, 4.69) is 15.0 Å². The van der Waals surface area contributed by atoms with Gasteiger partial charge in [-0.25, -0.2) is 0 Å². The third-order valence-electron chi connectivity index (χ3n) is 2.60. The number of H-pyrrole nitrogens is 1. The summed E-state index contributed by atoms with van der Waals surface area (Å²) in [6.45, 7) is 0. The number of allylic oxidation sites excluding steroid dienone is 2. The number of rotatable bonds is 2. The second-order valence-corrected chi connectivity index (χ2v) is 3.70. The summed E-state index contributed by atoms with van der Waals surface area (Å²) in [5, 5.41) is 0. The smallest absolute Gasteiger partial charge is 0.0745 e. The predicted octanol–water partition coefficient (Wildman–Crippen LogP) is 2.81. The SMILES string of the molecule is C1=CC(=C(c2ccccn2)c2ccc[nH]2)N=C1. The molecule has 0 unspecified atom stereocenters. The molecule has 82 valence electrons. The van der Waals surface area contributed by atoms with Crippen molar-refractivity contribution >= 4 is 11.8 Å². The first kappa shape index (κ1) is 9.78. The molecule has 3 rings (SSSR count). The Bertz CT molecular complexity index is 576. The fourth-order valence-electron chi connectivity index (χ4n) is 1.85. The molecule has 0 saturated carbocycles. The molecule has 0 radical (unpaired) electrons. The van der Waals surface area contributed by atoms with Gasteiger partial charge in [-0.2, -0.15) is 0 Å². The zero-order chi connectivity index (χ0) is 11.5. The van der Waals surface area contributed by atoms with Crippen LogP contribution in [0.3, 0.4) is 0 Å². The number of aromatic nitrogens is 2. The van der Waals surface area contributed by atoms with E-state index >= 15 is 0 Å². The van der Waals surface area contributed by atoms with Gasteiger partial charge in [0.05, 0.1) is 11.4 Å². The van der Waals surface area contributed by atoms with Gasteiger partial charge >= 0.3 is 0 Å². The maximum atomic E-state index is 4.39. The molecule has 3 heteroatoms. The highest BCUT2D eigenvalue weighted by Gasteiger charge is 2.12. The Morgan fingerprint density at radius 1 is 1.12 bits per heavy atom. The normalized spacial score (nSPS) is 16.5. The number of nitrogens with zero attached hydrogens (tertiary/aromatic N) is 2. The van der Waals surface area contributed by atoms with Crippen LogP contribution in [-0.2, 0) is 0 Å². The van der Waals surface area contributed by atoms with Gasteiger partial charge in [0.2, 0.25) is 0 Å². The first-order valence-corrected chi connectivity index (χ1v) is 5.45. The van der Waals surface area contributed by atoms with Crippen LogP contribution in [0, 0.1) is 0 Å². The second-order valence-electron chi connectivity index (χ2n) is 3.70. The second kappa shape index (κ2) is 4.22. The van der Waals surface area contributed by atoms with Gasteiger partial charge < -0.3 is 4.98 Å². The Hall–Kier alpha value is -2.42. The Labute approximate surface area is 99.3 Å². The molecular weight excluding hydrogens is 210 g/mol. The van der Waals surface area contributed by atoms with Crippen LogP contribution in [0.15, 0.2) is 65.6 Å². The summed E-state index contributed by atoms with van der Waals surface area (Å²) in [4.78, 5) is 12.0. The Morgan fingerprint density at radius 2 is 2.12 bits per heavy atom. The Morgan fingerprint density at radius 3 is 2.76 bits per heavy atom. The molecule has 2 aromatic heterocycles.